The minimum atomic E-state index is -0.406. The van der Waals surface area contributed by atoms with Gasteiger partial charge in [-0.2, -0.15) is 0 Å². The van der Waals surface area contributed by atoms with Crippen molar-refractivity contribution in [2.75, 3.05) is 33.4 Å². The summed E-state index contributed by atoms with van der Waals surface area (Å²) in [6.45, 7) is 2.89. The molecule has 0 spiro atoms. The van der Waals surface area contributed by atoms with E-state index in [1.807, 2.05) is 6.07 Å². The third-order valence-corrected chi connectivity index (χ3v) is 5.20. The smallest absolute Gasteiger partial charge is 0.167 e. The van der Waals surface area contributed by atoms with Gasteiger partial charge < -0.3 is 25.2 Å². The quantitative estimate of drug-likeness (QED) is 0.407. The third-order valence-electron chi connectivity index (χ3n) is 4.11. The number of hydrogen-bond donors (Lipinski definition) is 3. The molecule has 28 heavy (non-hydrogen) atoms. The summed E-state index contributed by atoms with van der Waals surface area (Å²) in [6.07, 6.45) is 0.919. The Bertz CT molecular complexity index is 744. The number of nitrogens with one attached hydrogen (secondary N) is 2. The summed E-state index contributed by atoms with van der Waals surface area (Å²) in [7, 11) is 1.57. The predicted octanol–water partition coefficient (Wildman–Crippen LogP) is 3.89. The highest BCUT2D eigenvalue weighted by Gasteiger charge is 2.16. The molecule has 0 radical (unpaired) electrons. The maximum atomic E-state index is 14.1. The summed E-state index contributed by atoms with van der Waals surface area (Å²) in [4.78, 5) is 0. The lowest BCUT2D eigenvalue weighted by Crippen LogP contribution is -2.24. The van der Waals surface area contributed by atoms with Crippen LogP contribution in [0.3, 0.4) is 0 Å². The number of methoxy groups -OCH3 is 1. The molecule has 8 heteroatoms. The van der Waals surface area contributed by atoms with Crippen molar-refractivity contribution in [1.29, 1.82) is 0 Å². The first-order valence-corrected chi connectivity index (χ1v) is 10.2. The standard InChI is InChI=1S/C20H25BrClFN2O3/c1-27-19-7-6-16(21)14(12-25-9-3-8-24-10-11-26)20(19)28-13-15-17(22)4-2-5-18(15)23/h2,4-7,24-26H,3,8-13H2,1H3. The molecular weight excluding hydrogens is 451 g/mol. The van der Waals surface area contributed by atoms with Crippen LogP contribution < -0.4 is 20.1 Å². The van der Waals surface area contributed by atoms with E-state index in [4.69, 9.17) is 26.2 Å². The Balaban J connectivity index is 2.06. The van der Waals surface area contributed by atoms with Gasteiger partial charge in [-0.05, 0) is 43.8 Å². The molecule has 0 heterocycles. The Morgan fingerprint density at radius 2 is 1.89 bits per heavy atom. The fourth-order valence-electron chi connectivity index (χ4n) is 2.64. The Morgan fingerprint density at radius 1 is 1.11 bits per heavy atom. The van der Waals surface area contributed by atoms with Gasteiger partial charge in [-0.1, -0.05) is 33.6 Å². The first-order chi connectivity index (χ1) is 13.6. The molecule has 3 N–H and O–H groups in total. The number of aliphatic hydroxyl groups is 1. The van der Waals surface area contributed by atoms with Crippen LogP contribution in [0.5, 0.6) is 11.5 Å². The van der Waals surface area contributed by atoms with Crippen molar-refractivity contribution in [1.82, 2.24) is 10.6 Å². The molecule has 0 amide bonds. The Labute approximate surface area is 178 Å². The number of rotatable bonds is 12. The van der Waals surface area contributed by atoms with Crippen molar-refractivity contribution in [3.8, 4) is 11.5 Å². The van der Waals surface area contributed by atoms with Crippen LogP contribution >= 0.6 is 27.5 Å². The molecule has 0 saturated heterocycles. The van der Waals surface area contributed by atoms with Crippen molar-refractivity contribution >= 4 is 27.5 Å². The summed E-state index contributed by atoms with van der Waals surface area (Å²) in [5, 5.41) is 15.6. The molecule has 0 aliphatic rings. The number of ether oxygens (including phenoxy) is 2. The second-order valence-electron chi connectivity index (χ2n) is 6.05. The number of benzene rings is 2. The summed E-state index contributed by atoms with van der Waals surface area (Å²) in [6, 6.07) is 8.24. The van der Waals surface area contributed by atoms with Gasteiger partial charge in [0, 0.05) is 28.7 Å². The van der Waals surface area contributed by atoms with E-state index in [-0.39, 0.29) is 13.2 Å². The van der Waals surface area contributed by atoms with Gasteiger partial charge in [-0.25, -0.2) is 4.39 Å². The molecule has 2 aromatic rings. The second-order valence-corrected chi connectivity index (χ2v) is 7.31. The Kier molecular flexibility index (Phi) is 10.0. The first kappa shape index (κ1) is 22.9. The fourth-order valence-corrected chi connectivity index (χ4v) is 3.31. The average Bonchev–Trinajstić information content (AvgIpc) is 2.68. The zero-order chi connectivity index (χ0) is 20.4. The molecule has 0 unspecified atom stereocenters. The molecule has 5 nitrogen and oxygen atoms in total. The van der Waals surface area contributed by atoms with Crippen LogP contribution in [0.1, 0.15) is 17.5 Å². The van der Waals surface area contributed by atoms with Crippen LogP contribution in [0.15, 0.2) is 34.8 Å². The van der Waals surface area contributed by atoms with E-state index in [0.717, 1.165) is 29.5 Å². The molecule has 154 valence electrons. The lowest BCUT2D eigenvalue weighted by atomic mass is 10.1. The van der Waals surface area contributed by atoms with Gasteiger partial charge in [0.1, 0.15) is 12.4 Å². The molecule has 0 bridgehead atoms. The molecule has 0 aromatic heterocycles. The van der Waals surface area contributed by atoms with Crippen molar-refractivity contribution in [2.45, 2.75) is 19.6 Å². The highest BCUT2D eigenvalue weighted by molar-refractivity contribution is 9.10. The van der Waals surface area contributed by atoms with Gasteiger partial charge >= 0.3 is 0 Å². The summed E-state index contributed by atoms with van der Waals surface area (Å²) >= 11 is 9.65. The van der Waals surface area contributed by atoms with Crippen molar-refractivity contribution in [2.24, 2.45) is 0 Å². The van der Waals surface area contributed by atoms with Gasteiger partial charge in [0.05, 0.1) is 18.7 Å². The number of halogens is 3. The van der Waals surface area contributed by atoms with Gasteiger partial charge in [0.15, 0.2) is 11.5 Å². The molecular formula is C20H25BrClFN2O3. The van der Waals surface area contributed by atoms with Crippen molar-refractivity contribution < 1.29 is 19.0 Å². The maximum absolute atomic E-state index is 14.1. The van der Waals surface area contributed by atoms with Gasteiger partial charge in [-0.3, -0.25) is 0 Å². The molecule has 0 atom stereocenters. The SMILES string of the molecule is COc1ccc(Br)c(CNCCCNCCO)c1OCc1c(F)cccc1Cl. The average molecular weight is 476 g/mol. The monoisotopic (exact) mass is 474 g/mol. The molecule has 0 aliphatic carbocycles. The zero-order valence-corrected chi connectivity index (χ0v) is 18.1. The first-order valence-electron chi connectivity index (χ1n) is 9.01. The van der Waals surface area contributed by atoms with Crippen LogP contribution in [0.4, 0.5) is 4.39 Å². The lowest BCUT2D eigenvalue weighted by Gasteiger charge is -2.18. The largest absolute Gasteiger partial charge is 0.493 e. The minimum absolute atomic E-state index is 0.00357. The predicted molar refractivity (Wildman–Crippen MR) is 113 cm³/mol. The molecule has 2 aromatic carbocycles. The summed E-state index contributed by atoms with van der Waals surface area (Å²) in [5.41, 5.74) is 1.19. The minimum Gasteiger partial charge on any atom is -0.493 e. The second kappa shape index (κ2) is 12.2. The van der Waals surface area contributed by atoms with Crippen LogP contribution in [0, 0.1) is 5.82 Å². The van der Waals surface area contributed by atoms with E-state index in [1.165, 1.54) is 6.07 Å². The summed E-state index contributed by atoms with van der Waals surface area (Å²) < 4.78 is 26.3. The van der Waals surface area contributed by atoms with E-state index < -0.39 is 5.82 Å². The van der Waals surface area contributed by atoms with E-state index in [0.29, 0.717) is 35.2 Å². The zero-order valence-electron chi connectivity index (χ0n) is 15.7. The van der Waals surface area contributed by atoms with E-state index >= 15 is 0 Å². The molecule has 2 rings (SSSR count). The third kappa shape index (κ3) is 6.60. The Morgan fingerprint density at radius 3 is 2.61 bits per heavy atom. The van der Waals surface area contributed by atoms with Gasteiger partial charge in [-0.15, -0.1) is 0 Å². The van der Waals surface area contributed by atoms with E-state index in [2.05, 4.69) is 26.6 Å². The maximum Gasteiger partial charge on any atom is 0.167 e. The van der Waals surface area contributed by atoms with Crippen LogP contribution in [-0.4, -0.2) is 38.5 Å². The summed E-state index contributed by atoms with van der Waals surface area (Å²) in [5.74, 6) is 0.704. The van der Waals surface area contributed by atoms with E-state index in [1.54, 1.807) is 25.3 Å². The highest BCUT2D eigenvalue weighted by atomic mass is 79.9. The van der Waals surface area contributed by atoms with Gasteiger partial charge in [0.2, 0.25) is 0 Å². The van der Waals surface area contributed by atoms with Gasteiger partial charge in [0.25, 0.3) is 0 Å². The lowest BCUT2D eigenvalue weighted by molar-refractivity contribution is 0.275. The van der Waals surface area contributed by atoms with Crippen LogP contribution in [0.25, 0.3) is 0 Å². The van der Waals surface area contributed by atoms with Crippen LogP contribution in [-0.2, 0) is 13.2 Å². The van der Waals surface area contributed by atoms with Crippen LogP contribution in [0.2, 0.25) is 5.02 Å². The van der Waals surface area contributed by atoms with E-state index in [9.17, 15) is 4.39 Å². The molecule has 0 aliphatic heterocycles. The van der Waals surface area contributed by atoms with Crippen molar-refractivity contribution in [3.63, 3.8) is 0 Å². The normalized spacial score (nSPS) is 10.9. The highest BCUT2D eigenvalue weighted by Crippen LogP contribution is 2.37. The topological polar surface area (TPSA) is 62.8 Å². The molecule has 0 saturated carbocycles. The number of aliphatic hydroxyl groups excluding tert-OH is 1. The number of hydrogen-bond acceptors (Lipinski definition) is 5. The molecule has 0 fully saturated rings. The van der Waals surface area contributed by atoms with Crippen molar-refractivity contribution in [3.05, 3.63) is 56.8 Å². The Hall–Kier alpha value is -1.38. The fraction of sp³-hybridized carbons (Fsp3) is 0.400.